The van der Waals surface area contributed by atoms with Gasteiger partial charge in [0.2, 0.25) is 0 Å². The highest BCUT2D eigenvalue weighted by Gasteiger charge is 2.49. The van der Waals surface area contributed by atoms with Crippen molar-refractivity contribution in [2.24, 2.45) is 4.99 Å². The first-order valence-electron chi connectivity index (χ1n) is 10.6. The van der Waals surface area contributed by atoms with Gasteiger partial charge in [0.15, 0.2) is 12.2 Å². The Labute approximate surface area is 180 Å². The number of aliphatic imine (C=N–C) groups is 1. The Morgan fingerprint density at radius 2 is 1.84 bits per heavy atom. The molecule has 1 fully saturated rings. The summed E-state index contributed by atoms with van der Waals surface area (Å²) in [5.41, 5.74) is 2.82. The summed E-state index contributed by atoms with van der Waals surface area (Å²) < 4.78 is 1.97. The molecule has 2 atom stereocenters. The van der Waals surface area contributed by atoms with Crippen LogP contribution in [0.25, 0.3) is 5.65 Å². The number of hydrogen-bond acceptors (Lipinski definition) is 5. The van der Waals surface area contributed by atoms with E-state index in [1.807, 2.05) is 77.1 Å². The van der Waals surface area contributed by atoms with Crippen molar-refractivity contribution < 1.29 is 9.59 Å². The average molecular weight is 416 g/mol. The van der Waals surface area contributed by atoms with Crippen molar-refractivity contribution in [2.75, 3.05) is 6.54 Å². The van der Waals surface area contributed by atoms with E-state index >= 15 is 0 Å². The highest BCUT2D eigenvalue weighted by atomic mass is 16.2. The van der Waals surface area contributed by atoms with Gasteiger partial charge in [0.05, 0.1) is 5.69 Å². The SMILES string of the molecule is CCCN1C(=O)NC(=O)C2C1N=C(Cc1cn3ccccc3n1)N2Cc1ccccc1. The smallest absolute Gasteiger partial charge is 0.325 e. The fourth-order valence-electron chi connectivity index (χ4n) is 4.33. The number of rotatable bonds is 6. The van der Waals surface area contributed by atoms with Crippen LogP contribution in [0.15, 0.2) is 65.9 Å². The molecule has 3 aromatic rings. The number of imide groups is 1. The van der Waals surface area contributed by atoms with E-state index in [4.69, 9.17) is 9.98 Å². The molecule has 158 valence electrons. The van der Waals surface area contributed by atoms with Gasteiger partial charge in [-0.3, -0.25) is 15.0 Å². The first-order chi connectivity index (χ1) is 15.1. The number of hydrogen-bond donors (Lipinski definition) is 1. The van der Waals surface area contributed by atoms with Gasteiger partial charge in [0, 0.05) is 31.9 Å². The number of carbonyl (C=O) groups is 2. The normalized spacial score (nSPS) is 20.7. The lowest BCUT2D eigenvalue weighted by Crippen LogP contribution is -2.64. The summed E-state index contributed by atoms with van der Waals surface area (Å²) in [6.07, 6.45) is 4.70. The van der Waals surface area contributed by atoms with Crippen molar-refractivity contribution in [1.29, 1.82) is 0 Å². The van der Waals surface area contributed by atoms with Gasteiger partial charge in [0.1, 0.15) is 11.5 Å². The third kappa shape index (κ3) is 3.54. The molecular formula is C23H24N6O2. The van der Waals surface area contributed by atoms with Crippen LogP contribution in [-0.2, 0) is 17.8 Å². The second-order valence-electron chi connectivity index (χ2n) is 7.88. The van der Waals surface area contributed by atoms with Gasteiger partial charge >= 0.3 is 6.03 Å². The molecule has 2 aliphatic rings. The van der Waals surface area contributed by atoms with Gasteiger partial charge in [-0.25, -0.2) is 14.8 Å². The van der Waals surface area contributed by atoms with Crippen molar-refractivity contribution in [3.8, 4) is 0 Å². The number of imidazole rings is 1. The van der Waals surface area contributed by atoms with Crippen LogP contribution >= 0.6 is 0 Å². The highest BCUT2D eigenvalue weighted by molar-refractivity contribution is 6.04. The van der Waals surface area contributed by atoms with Crippen molar-refractivity contribution in [2.45, 2.75) is 38.5 Å². The minimum atomic E-state index is -0.545. The summed E-state index contributed by atoms with van der Waals surface area (Å²) >= 11 is 0. The Balaban J connectivity index is 1.51. The number of amidine groups is 1. The van der Waals surface area contributed by atoms with Gasteiger partial charge in [-0.2, -0.15) is 0 Å². The van der Waals surface area contributed by atoms with Crippen LogP contribution in [-0.4, -0.2) is 55.7 Å². The molecule has 4 heterocycles. The van der Waals surface area contributed by atoms with E-state index in [0.29, 0.717) is 19.5 Å². The number of fused-ring (bicyclic) bond motifs is 2. The van der Waals surface area contributed by atoms with E-state index in [9.17, 15) is 9.59 Å². The molecule has 0 saturated carbocycles. The van der Waals surface area contributed by atoms with E-state index in [2.05, 4.69) is 5.32 Å². The standard InChI is InChI=1S/C23H24N6O2/c1-2-11-28-21-20(22(30)26-23(28)31)29(14-16-8-4-3-5-9-16)19(25-21)13-17-15-27-12-7-6-10-18(27)24-17/h3-10,12,15,20-21H,2,11,13-14H2,1H3,(H,26,30,31). The summed E-state index contributed by atoms with van der Waals surface area (Å²) in [5.74, 6) is 0.472. The van der Waals surface area contributed by atoms with Crippen LogP contribution in [0.5, 0.6) is 0 Å². The molecular weight excluding hydrogens is 392 g/mol. The Bertz CT molecular complexity index is 1120. The number of pyridine rings is 1. The Kier molecular flexibility index (Phi) is 4.89. The zero-order valence-electron chi connectivity index (χ0n) is 17.3. The maximum atomic E-state index is 12.9. The number of urea groups is 1. The van der Waals surface area contributed by atoms with Crippen LogP contribution in [0, 0.1) is 0 Å². The summed E-state index contributed by atoms with van der Waals surface area (Å²) in [6, 6.07) is 15.0. The number of nitrogens with zero attached hydrogens (tertiary/aromatic N) is 5. The molecule has 2 aliphatic heterocycles. The molecule has 2 unspecified atom stereocenters. The van der Waals surface area contributed by atoms with Gasteiger partial charge in [-0.1, -0.05) is 43.3 Å². The van der Waals surface area contributed by atoms with E-state index in [1.165, 1.54) is 0 Å². The molecule has 0 aliphatic carbocycles. The fourth-order valence-corrected chi connectivity index (χ4v) is 4.33. The molecule has 31 heavy (non-hydrogen) atoms. The van der Waals surface area contributed by atoms with Gasteiger partial charge in [-0.05, 0) is 24.1 Å². The second-order valence-corrected chi connectivity index (χ2v) is 7.88. The summed E-state index contributed by atoms with van der Waals surface area (Å²) in [4.78, 5) is 38.6. The van der Waals surface area contributed by atoms with Gasteiger partial charge in [-0.15, -0.1) is 0 Å². The zero-order valence-corrected chi connectivity index (χ0v) is 17.3. The quantitative estimate of drug-likeness (QED) is 0.669. The third-order valence-electron chi connectivity index (χ3n) is 5.72. The number of benzene rings is 1. The number of nitrogens with one attached hydrogen (secondary N) is 1. The van der Waals surface area contributed by atoms with Crippen LogP contribution in [0.2, 0.25) is 0 Å². The molecule has 8 nitrogen and oxygen atoms in total. The molecule has 1 saturated heterocycles. The Hall–Kier alpha value is -3.68. The fraction of sp³-hybridized carbons (Fsp3) is 0.304. The predicted molar refractivity (Wildman–Crippen MR) is 116 cm³/mol. The van der Waals surface area contributed by atoms with Crippen LogP contribution in [0.1, 0.15) is 24.6 Å². The maximum Gasteiger partial charge on any atom is 0.325 e. The van der Waals surface area contributed by atoms with E-state index in [0.717, 1.165) is 29.2 Å². The number of carbonyl (C=O) groups excluding carboxylic acids is 2. The molecule has 1 aromatic carbocycles. The lowest BCUT2D eigenvalue weighted by Gasteiger charge is -2.38. The highest BCUT2D eigenvalue weighted by Crippen LogP contribution is 2.28. The average Bonchev–Trinajstić information content (AvgIpc) is 3.33. The van der Waals surface area contributed by atoms with Crippen LogP contribution in [0.4, 0.5) is 4.79 Å². The maximum absolute atomic E-state index is 12.9. The summed E-state index contributed by atoms with van der Waals surface area (Å²) in [7, 11) is 0. The van der Waals surface area contributed by atoms with Crippen molar-refractivity contribution in [3.63, 3.8) is 0 Å². The monoisotopic (exact) mass is 416 g/mol. The minimum absolute atomic E-state index is 0.299. The molecule has 0 spiro atoms. The van der Waals surface area contributed by atoms with E-state index < -0.39 is 12.2 Å². The zero-order chi connectivity index (χ0) is 21.4. The number of aromatic nitrogens is 2. The first kappa shape index (κ1) is 19.3. The second kappa shape index (κ2) is 7.86. The summed E-state index contributed by atoms with van der Waals surface area (Å²) in [6.45, 7) is 3.09. The molecule has 8 heteroatoms. The van der Waals surface area contributed by atoms with Gasteiger partial charge < -0.3 is 9.30 Å². The lowest BCUT2D eigenvalue weighted by atomic mass is 10.1. The van der Waals surface area contributed by atoms with Gasteiger partial charge in [0.25, 0.3) is 5.91 Å². The topological polar surface area (TPSA) is 82.3 Å². The lowest BCUT2D eigenvalue weighted by molar-refractivity contribution is -0.127. The summed E-state index contributed by atoms with van der Waals surface area (Å²) in [5, 5.41) is 2.52. The molecule has 5 rings (SSSR count). The molecule has 0 radical (unpaired) electrons. The minimum Gasteiger partial charge on any atom is -0.340 e. The van der Waals surface area contributed by atoms with Crippen molar-refractivity contribution in [1.82, 2.24) is 24.5 Å². The van der Waals surface area contributed by atoms with Crippen molar-refractivity contribution >= 4 is 23.4 Å². The largest absolute Gasteiger partial charge is 0.340 e. The molecule has 0 bridgehead atoms. The van der Waals surface area contributed by atoms with Crippen LogP contribution < -0.4 is 5.32 Å². The van der Waals surface area contributed by atoms with Crippen LogP contribution in [0.3, 0.4) is 0 Å². The molecule has 2 aromatic heterocycles. The first-order valence-corrected chi connectivity index (χ1v) is 10.6. The molecule has 1 N–H and O–H groups in total. The van der Waals surface area contributed by atoms with Crippen molar-refractivity contribution in [3.05, 3.63) is 72.2 Å². The molecule has 3 amide bonds. The van der Waals surface area contributed by atoms with E-state index in [1.54, 1.807) is 4.90 Å². The Morgan fingerprint density at radius 3 is 2.61 bits per heavy atom. The third-order valence-corrected chi connectivity index (χ3v) is 5.72. The number of amides is 3. The van der Waals surface area contributed by atoms with E-state index in [-0.39, 0.29) is 11.9 Å². The Morgan fingerprint density at radius 1 is 1.03 bits per heavy atom. The predicted octanol–water partition coefficient (Wildman–Crippen LogP) is 2.45.